The highest BCUT2D eigenvalue weighted by molar-refractivity contribution is 6.13. The topological polar surface area (TPSA) is 83.8 Å². The number of nitrogens with one attached hydrogen (secondary N) is 2. The third kappa shape index (κ3) is 3.41. The van der Waals surface area contributed by atoms with E-state index >= 15 is 0 Å². The zero-order chi connectivity index (χ0) is 22.4. The second-order valence-corrected chi connectivity index (χ2v) is 7.19. The molecule has 0 saturated heterocycles. The van der Waals surface area contributed by atoms with Crippen LogP contribution in [-0.2, 0) is 6.54 Å². The first kappa shape index (κ1) is 19.9. The van der Waals surface area contributed by atoms with E-state index in [0.717, 1.165) is 16.8 Å². The van der Waals surface area contributed by atoms with E-state index in [0.29, 0.717) is 39.6 Å². The van der Waals surface area contributed by atoms with Gasteiger partial charge in [-0.25, -0.2) is 22.6 Å². The van der Waals surface area contributed by atoms with Gasteiger partial charge in [-0.15, -0.1) is 0 Å². The fourth-order valence-electron chi connectivity index (χ4n) is 3.50. The van der Waals surface area contributed by atoms with E-state index in [1.807, 2.05) is 0 Å². The Hall–Kier alpha value is -4.02. The first-order chi connectivity index (χ1) is 15.4. The van der Waals surface area contributed by atoms with Crippen molar-refractivity contribution in [3.8, 4) is 22.5 Å². The predicted octanol–water partition coefficient (Wildman–Crippen LogP) is 4.69. The smallest absolute Gasteiger partial charge is 0.257 e. The largest absolute Gasteiger partial charge is 0.338 e. The summed E-state index contributed by atoms with van der Waals surface area (Å²) < 4.78 is 55.3. The minimum absolute atomic E-state index is 0.0237. The standard InChI is InChI=1S/C21H15F4N7/c1-10-19-20(31-30-10)12-5-15(11-6-27-32(8-11)9-17(24)25)26-7-16(12)28-21(29-19)18-13(22)3-2-4-14(18)23/h2-8,17H,9H2,1H3,(H,28,29)(H,30,31). The summed E-state index contributed by atoms with van der Waals surface area (Å²) in [5.74, 6) is -1.55. The van der Waals surface area contributed by atoms with Crippen LogP contribution in [0.1, 0.15) is 11.3 Å². The molecule has 162 valence electrons. The molecule has 3 aromatic heterocycles. The summed E-state index contributed by atoms with van der Waals surface area (Å²) in [5, 5.41) is 14.0. The van der Waals surface area contributed by atoms with Gasteiger partial charge in [0.1, 0.15) is 35.4 Å². The van der Waals surface area contributed by atoms with Gasteiger partial charge in [-0.3, -0.25) is 14.8 Å². The summed E-state index contributed by atoms with van der Waals surface area (Å²) in [6.07, 6.45) is 1.85. The van der Waals surface area contributed by atoms with Crippen LogP contribution in [0.4, 0.5) is 28.9 Å². The quantitative estimate of drug-likeness (QED) is 0.450. The van der Waals surface area contributed by atoms with Gasteiger partial charge in [-0.1, -0.05) is 6.07 Å². The molecule has 4 heterocycles. The number of aromatic nitrogens is 5. The summed E-state index contributed by atoms with van der Waals surface area (Å²) in [5.41, 5.74) is 3.19. The zero-order valence-corrected chi connectivity index (χ0v) is 16.6. The van der Waals surface area contributed by atoms with Gasteiger partial charge in [0.15, 0.2) is 0 Å². The molecule has 4 aromatic rings. The van der Waals surface area contributed by atoms with Crippen molar-refractivity contribution in [2.45, 2.75) is 19.9 Å². The third-order valence-corrected chi connectivity index (χ3v) is 5.00. The van der Waals surface area contributed by atoms with E-state index in [1.54, 1.807) is 13.0 Å². The molecule has 0 amide bonds. The molecule has 1 aliphatic rings. The molecule has 0 aliphatic carbocycles. The van der Waals surface area contributed by atoms with Gasteiger partial charge in [0, 0.05) is 17.3 Å². The number of hydrogen-bond acceptors (Lipinski definition) is 5. The van der Waals surface area contributed by atoms with Gasteiger partial charge in [0.2, 0.25) is 0 Å². The van der Waals surface area contributed by atoms with Crippen LogP contribution >= 0.6 is 0 Å². The molecule has 32 heavy (non-hydrogen) atoms. The molecule has 0 unspecified atom stereocenters. The van der Waals surface area contributed by atoms with Crippen molar-refractivity contribution in [2.24, 2.45) is 4.99 Å². The number of amidine groups is 1. The van der Waals surface area contributed by atoms with Crippen molar-refractivity contribution in [1.29, 1.82) is 0 Å². The van der Waals surface area contributed by atoms with Crippen molar-refractivity contribution >= 4 is 17.2 Å². The number of H-pyrrole nitrogens is 1. The van der Waals surface area contributed by atoms with Crippen LogP contribution < -0.4 is 5.32 Å². The van der Waals surface area contributed by atoms with Crippen LogP contribution in [0.3, 0.4) is 0 Å². The normalized spacial score (nSPS) is 12.8. The molecule has 7 nitrogen and oxygen atoms in total. The second kappa shape index (κ2) is 7.59. The molecule has 0 spiro atoms. The molecular weight excluding hydrogens is 426 g/mol. The molecule has 1 aromatic carbocycles. The number of rotatable bonds is 4. The van der Waals surface area contributed by atoms with Crippen LogP contribution in [0.2, 0.25) is 0 Å². The summed E-state index contributed by atoms with van der Waals surface area (Å²) in [6.45, 7) is 1.22. The van der Waals surface area contributed by atoms with E-state index in [9.17, 15) is 17.6 Å². The van der Waals surface area contributed by atoms with Gasteiger partial charge in [0.25, 0.3) is 6.43 Å². The summed E-state index contributed by atoms with van der Waals surface area (Å²) >= 11 is 0. The van der Waals surface area contributed by atoms with Crippen LogP contribution in [-0.4, -0.2) is 37.2 Å². The Balaban J connectivity index is 1.63. The summed E-state index contributed by atoms with van der Waals surface area (Å²) in [4.78, 5) is 8.81. The number of fused-ring (bicyclic) bond motifs is 3. The predicted molar refractivity (Wildman–Crippen MR) is 110 cm³/mol. The Labute approximate surface area is 178 Å². The van der Waals surface area contributed by atoms with Crippen LogP contribution in [0.5, 0.6) is 0 Å². The number of aromatic amines is 1. The van der Waals surface area contributed by atoms with Crippen molar-refractivity contribution in [1.82, 2.24) is 25.0 Å². The lowest BCUT2D eigenvalue weighted by molar-refractivity contribution is 0.122. The van der Waals surface area contributed by atoms with E-state index in [-0.39, 0.29) is 11.4 Å². The van der Waals surface area contributed by atoms with Crippen LogP contribution in [0, 0.1) is 18.6 Å². The minimum atomic E-state index is -2.53. The van der Waals surface area contributed by atoms with Crippen LogP contribution in [0.15, 0.2) is 47.8 Å². The Morgan fingerprint density at radius 3 is 2.66 bits per heavy atom. The van der Waals surface area contributed by atoms with E-state index in [2.05, 4.69) is 30.6 Å². The number of alkyl halides is 2. The summed E-state index contributed by atoms with van der Waals surface area (Å²) in [7, 11) is 0. The van der Waals surface area contributed by atoms with Gasteiger partial charge in [-0.2, -0.15) is 10.2 Å². The Morgan fingerprint density at radius 2 is 1.91 bits per heavy atom. The number of nitrogens with zero attached hydrogens (tertiary/aromatic N) is 5. The Bertz CT molecular complexity index is 1340. The monoisotopic (exact) mass is 441 g/mol. The number of anilines is 1. The number of halogens is 4. The van der Waals surface area contributed by atoms with Crippen LogP contribution in [0.25, 0.3) is 22.5 Å². The molecule has 0 saturated carbocycles. The number of pyridine rings is 1. The average Bonchev–Trinajstić information content (AvgIpc) is 3.30. The van der Waals surface area contributed by atoms with Crippen molar-refractivity contribution in [3.05, 3.63) is 65.7 Å². The van der Waals surface area contributed by atoms with E-state index in [4.69, 9.17) is 0 Å². The van der Waals surface area contributed by atoms with Crippen molar-refractivity contribution < 1.29 is 17.6 Å². The summed E-state index contributed by atoms with van der Waals surface area (Å²) in [6, 6.07) is 5.27. The molecule has 2 N–H and O–H groups in total. The molecule has 5 rings (SSSR count). The fraction of sp³-hybridized carbons (Fsp3) is 0.143. The molecule has 1 aliphatic heterocycles. The Morgan fingerprint density at radius 1 is 1.12 bits per heavy atom. The van der Waals surface area contributed by atoms with E-state index < -0.39 is 24.6 Å². The number of aryl methyl sites for hydroxylation is 1. The van der Waals surface area contributed by atoms with Gasteiger partial charge in [0.05, 0.1) is 35.0 Å². The molecule has 0 bridgehead atoms. The number of benzene rings is 1. The number of aliphatic imine (C=N–C) groups is 1. The highest BCUT2D eigenvalue weighted by atomic mass is 19.3. The SMILES string of the molecule is Cc1[nH]nc2c1N=C(c1c(F)cccc1F)Nc1cnc(-c3cnn(CC(F)F)c3)cc1-2. The molecular formula is C21H15F4N7. The second-order valence-electron chi connectivity index (χ2n) is 7.19. The zero-order valence-electron chi connectivity index (χ0n) is 16.6. The van der Waals surface area contributed by atoms with Gasteiger partial charge in [-0.05, 0) is 25.1 Å². The molecule has 0 radical (unpaired) electrons. The van der Waals surface area contributed by atoms with Gasteiger partial charge < -0.3 is 5.32 Å². The van der Waals surface area contributed by atoms with Crippen molar-refractivity contribution in [3.63, 3.8) is 0 Å². The van der Waals surface area contributed by atoms with Crippen molar-refractivity contribution in [2.75, 3.05) is 5.32 Å². The highest BCUT2D eigenvalue weighted by Crippen LogP contribution is 2.40. The van der Waals surface area contributed by atoms with Gasteiger partial charge >= 0.3 is 0 Å². The first-order valence-corrected chi connectivity index (χ1v) is 9.57. The lowest BCUT2D eigenvalue weighted by atomic mass is 10.1. The third-order valence-electron chi connectivity index (χ3n) is 5.00. The maximum absolute atomic E-state index is 14.5. The molecule has 11 heteroatoms. The maximum Gasteiger partial charge on any atom is 0.257 e. The average molecular weight is 441 g/mol. The first-order valence-electron chi connectivity index (χ1n) is 9.57. The fourth-order valence-corrected chi connectivity index (χ4v) is 3.50. The lowest BCUT2D eigenvalue weighted by Gasteiger charge is -2.12. The number of hydrogen-bond donors (Lipinski definition) is 2. The maximum atomic E-state index is 14.5. The molecule has 0 fully saturated rings. The highest BCUT2D eigenvalue weighted by Gasteiger charge is 2.25. The minimum Gasteiger partial charge on any atom is -0.338 e. The van der Waals surface area contributed by atoms with E-state index in [1.165, 1.54) is 24.7 Å². The Kier molecular flexibility index (Phi) is 4.72. The lowest BCUT2D eigenvalue weighted by Crippen LogP contribution is -2.17. The molecule has 0 atom stereocenters.